The molecule has 1 aliphatic heterocycles. The Morgan fingerprint density at radius 3 is 2.62 bits per heavy atom. The Bertz CT molecular complexity index is 412. The average molecular weight is 241 g/mol. The second kappa shape index (κ2) is 4.53. The molecule has 1 fully saturated rings. The Kier molecular flexibility index (Phi) is 3.10. The topological polar surface area (TPSA) is 52.6 Å². The maximum Gasteiger partial charge on any atom is 0.338 e. The molecule has 5 heteroatoms. The maximum atomic E-state index is 11.6. The zero-order valence-corrected chi connectivity index (χ0v) is 9.07. The van der Waals surface area contributed by atoms with Gasteiger partial charge in [0.1, 0.15) is 12.7 Å². The van der Waals surface area contributed by atoms with Gasteiger partial charge in [0.15, 0.2) is 0 Å². The summed E-state index contributed by atoms with van der Waals surface area (Å²) in [7, 11) is 0. The minimum atomic E-state index is -0.476. The Morgan fingerprint density at radius 2 is 2.06 bits per heavy atom. The van der Waals surface area contributed by atoms with Crippen LogP contribution in [0.25, 0.3) is 0 Å². The van der Waals surface area contributed by atoms with E-state index in [4.69, 9.17) is 16.3 Å². The fourth-order valence-corrected chi connectivity index (χ4v) is 1.50. The lowest BCUT2D eigenvalue weighted by Crippen LogP contribution is -2.18. The summed E-state index contributed by atoms with van der Waals surface area (Å²) in [6.45, 7) is 0.137. The first kappa shape index (κ1) is 11.0. The number of carbonyl (C=O) groups is 2. The SMILES string of the molecule is O=C1C[C@@H](OC(=O)c2ccc(Cl)cc2)CO1. The van der Waals surface area contributed by atoms with Gasteiger partial charge in [-0.15, -0.1) is 0 Å². The zero-order valence-electron chi connectivity index (χ0n) is 8.31. The van der Waals surface area contributed by atoms with Crippen LogP contribution in [0.5, 0.6) is 0 Å². The molecule has 0 bridgehead atoms. The largest absolute Gasteiger partial charge is 0.462 e. The van der Waals surface area contributed by atoms with E-state index in [1.165, 1.54) is 0 Å². The van der Waals surface area contributed by atoms with Crippen molar-refractivity contribution in [3.05, 3.63) is 34.9 Å². The Morgan fingerprint density at radius 1 is 1.38 bits per heavy atom. The van der Waals surface area contributed by atoms with Crippen LogP contribution in [0.2, 0.25) is 5.02 Å². The van der Waals surface area contributed by atoms with Crippen LogP contribution >= 0.6 is 11.6 Å². The van der Waals surface area contributed by atoms with Gasteiger partial charge in [0, 0.05) is 5.02 Å². The molecule has 0 radical (unpaired) electrons. The molecular weight excluding hydrogens is 232 g/mol. The van der Waals surface area contributed by atoms with E-state index < -0.39 is 12.1 Å². The van der Waals surface area contributed by atoms with Gasteiger partial charge in [0.05, 0.1) is 12.0 Å². The Hall–Kier alpha value is -1.55. The van der Waals surface area contributed by atoms with Gasteiger partial charge in [0.2, 0.25) is 0 Å². The van der Waals surface area contributed by atoms with E-state index in [2.05, 4.69) is 4.74 Å². The molecule has 16 heavy (non-hydrogen) atoms. The summed E-state index contributed by atoms with van der Waals surface area (Å²) in [6.07, 6.45) is -0.352. The molecule has 1 aromatic rings. The van der Waals surface area contributed by atoms with Crippen LogP contribution in [0.1, 0.15) is 16.8 Å². The molecule has 0 unspecified atom stereocenters. The molecule has 1 aliphatic rings. The van der Waals surface area contributed by atoms with Crippen molar-refractivity contribution in [3.63, 3.8) is 0 Å². The highest BCUT2D eigenvalue weighted by atomic mass is 35.5. The van der Waals surface area contributed by atoms with Crippen molar-refractivity contribution in [2.45, 2.75) is 12.5 Å². The quantitative estimate of drug-likeness (QED) is 0.740. The van der Waals surface area contributed by atoms with Crippen molar-refractivity contribution in [1.82, 2.24) is 0 Å². The van der Waals surface area contributed by atoms with E-state index >= 15 is 0 Å². The van der Waals surface area contributed by atoms with Crippen LogP contribution < -0.4 is 0 Å². The minimum absolute atomic E-state index is 0.124. The van der Waals surface area contributed by atoms with Crippen LogP contribution in [0, 0.1) is 0 Å². The van der Waals surface area contributed by atoms with Crippen molar-refractivity contribution in [1.29, 1.82) is 0 Å². The first-order valence-corrected chi connectivity index (χ1v) is 5.15. The fourth-order valence-electron chi connectivity index (χ4n) is 1.37. The molecule has 1 atom stereocenters. The molecule has 4 nitrogen and oxygen atoms in total. The highest BCUT2D eigenvalue weighted by molar-refractivity contribution is 6.30. The monoisotopic (exact) mass is 240 g/mol. The predicted molar refractivity (Wildman–Crippen MR) is 56.2 cm³/mol. The Labute approximate surface area is 97.1 Å². The maximum absolute atomic E-state index is 11.6. The van der Waals surface area contributed by atoms with Crippen molar-refractivity contribution in [2.75, 3.05) is 6.61 Å². The van der Waals surface area contributed by atoms with E-state index in [1.807, 2.05) is 0 Å². The normalized spacial score (nSPS) is 19.3. The van der Waals surface area contributed by atoms with Crippen LogP contribution in [0.15, 0.2) is 24.3 Å². The standard InChI is InChI=1S/C11H9ClO4/c12-8-3-1-7(2-4-8)11(14)16-9-5-10(13)15-6-9/h1-4,9H,5-6H2/t9-/m1/s1. The first-order valence-electron chi connectivity index (χ1n) is 4.77. The molecule has 0 saturated carbocycles. The van der Waals surface area contributed by atoms with Gasteiger partial charge in [-0.05, 0) is 24.3 Å². The van der Waals surface area contributed by atoms with Crippen molar-refractivity contribution < 1.29 is 19.1 Å². The van der Waals surface area contributed by atoms with Gasteiger partial charge in [0.25, 0.3) is 0 Å². The first-order chi connectivity index (χ1) is 7.65. The van der Waals surface area contributed by atoms with E-state index in [9.17, 15) is 9.59 Å². The summed E-state index contributed by atoms with van der Waals surface area (Å²) in [6, 6.07) is 6.35. The molecule has 0 N–H and O–H groups in total. The summed E-state index contributed by atoms with van der Waals surface area (Å²) in [4.78, 5) is 22.4. The highest BCUT2D eigenvalue weighted by Crippen LogP contribution is 2.14. The van der Waals surface area contributed by atoms with Crippen molar-refractivity contribution in [3.8, 4) is 0 Å². The zero-order chi connectivity index (χ0) is 11.5. The average Bonchev–Trinajstić information content (AvgIpc) is 2.65. The smallest absolute Gasteiger partial charge is 0.338 e. The van der Waals surface area contributed by atoms with Crippen LogP contribution in [0.3, 0.4) is 0 Å². The predicted octanol–water partition coefficient (Wildman–Crippen LogP) is 1.81. The van der Waals surface area contributed by atoms with E-state index in [0.29, 0.717) is 10.6 Å². The molecule has 1 aromatic carbocycles. The minimum Gasteiger partial charge on any atom is -0.462 e. The van der Waals surface area contributed by atoms with Crippen molar-refractivity contribution >= 4 is 23.5 Å². The van der Waals surface area contributed by atoms with Crippen LogP contribution in [0.4, 0.5) is 0 Å². The summed E-state index contributed by atoms with van der Waals surface area (Å²) < 4.78 is 9.76. The third-order valence-electron chi connectivity index (χ3n) is 2.18. The second-order valence-electron chi connectivity index (χ2n) is 3.42. The lowest BCUT2D eigenvalue weighted by Gasteiger charge is -2.08. The van der Waals surface area contributed by atoms with Gasteiger partial charge in [-0.25, -0.2) is 4.79 Å². The van der Waals surface area contributed by atoms with Gasteiger partial charge in [-0.1, -0.05) is 11.6 Å². The Balaban J connectivity index is 1.98. The molecular formula is C11H9ClO4. The van der Waals surface area contributed by atoms with Crippen molar-refractivity contribution in [2.24, 2.45) is 0 Å². The number of rotatable bonds is 2. The van der Waals surface area contributed by atoms with Gasteiger partial charge >= 0.3 is 11.9 Å². The number of esters is 2. The molecule has 2 rings (SSSR count). The molecule has 0 spiro atoms. The number of carbonyl (C=O) groups excluding carboxylic acids is 2. The summed E-state index contributed by atoms with van der Waals surface area (Å²) >= 11 is 5.69. The molecule has 84 valence electrons. The molecule has 0 aromatic heterocycles. The second-order valence-corrected chi connectivity index (χ2v) is 3.86. The molecule has 0 amide bonds. The summed E-state index contributed by atoms with van der Waals surface area (Å²) in [5.74, 6) is -0.811. The number of hydrogen-bond acceptors (Lipinski definition) is 4. The third kappa shape index (κ3) is 2.52. The van der Waals surface area contributed by atoms with E-state index in [1.54, 1.807) is 24.3 Å². The van der Waals surface area contributed by atoms with E-state index in [-0.39, 0.29) is 19.0 Å². The lowest BCUT2D eigenvalue weighted by atomic mass is 10.2. The van der Waals surface area contributed by atoms with Gasteiger partial charge < -0.3 is 9.47 Å². The fraction of sp³-hybridized carbons (Fsp3) is 0.273. The van der Waals surface area contributed by atoms with Crippen LogP contribution in [-0.4, -0.2) is 24.6 Å². The number of cyclic esters (lactones) is 1. The number of halogens is 1. The van der Waals surface area contributed by atoms with Gasteiger partial charge in [-0.2, -0.15) is 0 Å². The van der Waals surface area contributed by atoms with Gasteiger partial charge in [-0.3, -0.25) is 4.79 Å². The number of benzene rings is 1. The number of hydrogen-bond donors (Lipinski definition) is 0. The molecule has 1 heterocycles. The third-order valence-corrected chi connectivity index (χ3v) is 2.43. The number of ether oxygens (including phenoxy) is 2. The lowest BCUT2D eigenvalue weighted by molar-refractivity contribution is -0.137. The van der Waals surface area contributed by atoms with Crippen LogP contribution in [-0.2, 0) is 14.3 Å². The molecule has 1 saturated heterocycles. The summed E-state index contributed by atoms with van der Waals surface area (Å²) in [5.41, 5.74) is 0.406. The summed E-state index contributed by atoms with van der Waals surface area (Å²) in [5, 5.41) is 0.552. The van der Waals surface area contributed by atoms with E-state index in [0.717, 1.165) is 0 Å². The molecule has 0 aliphatic carbocycles. The highest BCUT2D eigenvalue weighted by Gasteiger charge is 2.27.